The van der Waals surface area contributed by atoms with Crippen molar-refractivity contribution in [1.29, 1.82) is 0 Å². The summed E-state index contributed by atoms with van der Waals surface area (Å²) in [5.74, 6) is 0.764. The summed E-state index contributed by atoms with van der Waals surface area (Å²) in [6, 6.07) is 13.9. The fraction of sp³-hybridized carbons (Fsp3) is 0.238. The third-order valence-corrected chi connectivity index (χ3v) is 5.43. The van der Waals surface area contributed by atoms with Crippen LogP contribution in [0.4, 0.5) is 5.69 Å². The van der Waals surface area contributed by atoms with Crippen molar-refractivity contribution in [3.63, 3.8) is 0 Å². The fourth-order valence-electron chi connectivity index (χ4n) is 2.47. The van der Waals surface area contributed by atoms with Crippen LogP contribution in [-0.2, 0) is 0 Å². The van der Waals surface area contributed by atoms with Gasteiger partial charge in [0.2, 0.25) is 5.06 Å². The van der Waals surface area contributed by atoms with Crippen molar-refractivity contribution in [3.8, 4) is 22.1 Å². The van der Waals surface area contributed by atoms with Crippen LogP contribution in [0.3, 0.4) is 0 Å². The molecule has 140 valence electrons. The highest BCUT2D eigenvalue weighted by molar-refractivity contribution is 7.08. The van der Waals surface area contributed by atoms with Gasteiger partial charge in [0.1, 0.15) is 16.5 Å². The predicted molar refractivity (Wildman–Crippen MR) is 115 cm³/mol. The Balaban J connectivity index is 1.85. The van der Waals surface area contributed by atoms with Gasteiger partial charge in [0.25, 0.3) is 0 Å². The summed E-state index contributed by atoms with van der Waals surface area (Å²) >= 11 is 7.79. The molecule has 0 amide bonds. The van der Waals surface area contributed by atoms with E-state index in [4.69, 9.17) is 16.3 Å². The summed E-state index contributed by atoms with van der Waals surface area (Å²) in [7, 11) is 2.00. The van der Waals surface area contributed by atoms with Crippen molar-refractivity contribution in [1.82, 2.24) is 9.27 Å². The van der Waals surface area contributed by atoms with E-state index in [1.54, 1.807) is 0 Å². The van der Waals surface area contributed by atoms with E-state index < -0.39 is 0 Å². The van der Waals surface area contributed by atoms with Gasteiger partial charge in [0.05, 0.1) is 12.0 Å². The molecule has 1 aromatic heterocycles. The summed E-state index contributed by atoms with van der Waals surface area (Å²) in [4.78, 5) is 6.59. The maximum absolute atomic E-state index is 6.53. The normalized spacial score (nSPS) is 11.1. The molecule has 1 heterocycles. The highest BCUT2D eigenvalue weighted by atomic mass is 35.5. The van der Waals surface area contributed by atoms with Crippen molar-refractivity contribution < 1.29 is 4.74 Å². The predicted octanol–water partition coefficient (Wildman–Crippen LogP) is 6.48. The van der Waals surface area contributed by atoms with Crippen LogP contribution in [0.1, 0.15) is 18.1 Å². The van der Waals surface area contributed by atoms with E-state index in [1.165, 1.54) is 11.5 Å². The fourth-order valence-corrected chi connectivity index (χ4v) is 3.49. The molecule has 0 spiro atoms. The molecular formula is C21H22ClN3OS. The van der Waals surface area contributed by atoms with Gasteiger partial charge in [0.15, 0.2) is 0 Å². The van der Waals surface area contributed by atoms with Gasteiger partial charge in [-0.25, -0.2) is 4.99 Å². The molecule has 0 bridgehead atoms. The lowest BCUT2D eigenvalue weighted by molar-refractivity contribution is 0.492. The van der Waals surface area contributed by atoms with E-state index >= 15 is 0 Å². The van der Waals surface area contributed by atoms with Gasteiger partial charge in [-0.05, 0) is 44.0 Å². The molecule has 0 aliphatic heterocycles. The second kappa shape index (κ2) is 8.55. The van der Waals surface area contributed by atoms with Gasteiger partial charge >= 0.3 is 0 Å². The van der Waals surface area contributed by atoms with E-state index in [-0.39, 0.29) is 0 Å². The van der Waals surface area contributed by atoms with Crippen LogP contribution in [0.5, 0.6) is 10.8 Å². The lowest BCUT2D eigenvalue weighted by Gasteiger charge is -2.12. The van der Waals surface area contributed by atoms with Gasteiger partial charge in [-0.2, -0.15) is 4.37 Å². The summed E-state index contributed by atoms with van der Waals surface area (Å²) in [6.07, 6.45) is 1.84. The number of aliphatic imine (C=N–C) groups is 1. The Kier molecular flexibility index (Phi) is 6.14. The molecule has 0 aliphatic rings. The molecule has 6 heteroatoms. The topological polar surface area (TPSA) is 37.7 Å². The number of halogens is 1. The van der Waals surface area contributed by atoms with Crippen LogP contribution in [0.2, 0.25) is 5.02 Å². The zero-order valence-corrected chi connectivity index (χ0v) is 17.4. The smallest absolute Gasteiger partial charge is 0.219 e. The van der Waals surface area contributed by atoms with Crippen LogP contribution < -0.4 is 4.74 Å². The van der Waals surface area contributed by atoms with E-state index in [1.807, 2.05) is 74.6 Å². The summed E-state index contributed by atoms with van der Waals surface area (Å²) in [5.41, 5.74) is 4.69. The zero-order valence-electron chi connectivity index (χ0n) is 15.9. The highest BCUT2D eigenvalue weighted by Gasteiger charge is 2.16. The van der Waals surface area contributed by atoms with Crippen LogP contribution in [-0.4, -0.2) is 29.2 Å². The minimum absolute atomic E-state index is 0.537. The largest absolute Gasteiger partial charge is 0.443 e. The molecule has 0 N–H and O–H groups in total. The highest BCUT2D eigenvalue weighted by Crippen LogP contribution is 2.42. The number of hydrogen-bond donors (Lipinski definition) is 0. The number of rotatable bonds is 6. The number of ether oxygens (including phenoxy) is 1. The Hall–Kier alpha value is -2.37. The lowest BCUT2D eigenvalue weighted by Crippen LogP contribution is -2.14. The number of hydrogen-bond acceptors (Lipinski definition) is 4. The molecule has 3 rings (SSSR count). The molecule has 4 nitrogen and oxygen atoms in total. The molecule has 0 fully saturated rings. The van der Waals surface area contributed by atoms with Crippen LogP contribution in [0.15, 0.2) is 47.5 Å². The molecule has 27 heavy (non-hydrogen) atoms. The van der Waals surface area contributed by atoms with Gasteiger partial charge < -0.3 is 9.64 Å². The maximum Gasteiger partial charge on any atom is 0.219 e. The van der Waals surface area contributed by atoms with Gasteiger partial charge in [-0.15, -0.1) is 0 Å². The first-order chi connectivity index (χ1) is 13.0. The Morgan fingerprint density at radius 1 is 1.19 bits per heavy atom. The first-order valence-corrected chi connectivity index (χ1v) is 9.88. The number of nitrogens with zero attached hydrogens (tertiary/aromatic N) is 3. The van der Waals surface area contributed by atoms with Crippen LogP contribution in [0.25, 0.3) is 11.3 Å². The SMILES string of the molecule is CCN(C)/C=N\c1cc(C)c(Oc2snc(-c3ccccc3)c2Cl)cc1C. The molecule has 0 saturated carbocycles. The summed E-state index contributed by atoms with van der Waals surface area (Å²) < 4.78 is 10.6. The molecule has 0 aliphatic carbocycles. The minimum Gasteiger partial charge on any atom is -0.443 e. The number of aryl methyl sites for hydroxylation is 2. The molecule has 0 radical (unpaired) electrons. The second-order valence-electron chi connectivity index (χ2n) is 6.32. The van der Waals surface area contributed by atoms with E-state index in [2.05, 4.69) is 16.3 Å². The third kappa shape index (κ3) is 4.49. The number of benzene rings is 2. The monoisotopic (exact) mass is 399 g/mol. The second-order valence-corrected chi connectivity index (χ2v) is 7.44. The molecule has 0 unspecified atom stereocenters. The molecule has 2 aromatic carbocycles. The van der Waals surface area contributed by atoms with E-state index in [0.717, 1.165) is 40.4 Å². The van der Waals surface area contributed by atoms with E-state index in [9.17, 15) is 0 Å². The summed E-state index contributed by atoms with van der Waals surface area (Å²) in [5, 5.41) is 1.13. The zero-order chi connectivity index (χ0) is 19.4. The Labute approximate surface area is 169 Å². The van der Waals surface area contributed by atoms with Crippen LogP contribution >= 0.6 is 23.1 Å². The standard InChI is InChI=1S/C21H22ClN3OS/c1-5-25(4)13-23-17-11-15(3)18(12-14(17)2)26-21-19(22)20(24-27-21)16-9-7-6-8-10-16/h6-13H,5H2,1-4H3/b23-13-. The molecular weight excluding hydrogens is 378 g/mol. The van der Waals surface area contributed by atoms with Gasteiger partial charge in [0, 0.05) is 30.7 Å². The lowest BCUT2D eigenvalue weighted by atomic mass is 10.1. The van der Waals surface area contributed by atoms with E-state index in [0.29, 0.717) is 10.1 Å². The van der Waals surface area contributed by atoms with Crippen molar-refractivity contribution in [2.45, 2.75) is 20.8 Å². The quantitative estimate of drug-likeness (QED) is 0.351. The van der Waals surface area contributed by atoms with Crippen molar-refractivity contribution in [2.24, 2.45) is 4.99 Å². The first kappa shape index (κ1) is 19.4. The average molecular weight is 400 g/mol. The van der Waals surface area contributed by atoms with Crippen molar-refractivity contribution in [2.75, 3.05) is 13.6 Å². The number of aromatic nitrogens is 1. The summed E-state index contributed by atoms with van der Waals surface area (Å²) in [6.45, 7) is 7.03. The van der Waals surface area contributed by atoms with Crippen LogP contribution in [0, 0.1) is 13.8 Å². The molecule has 0 atom stereocenters. The maximum atomic E-state index is 6.53. The Bertz CT molecular complexity index is 954. The molecule has 3 aromatic rings. The Morgan fingerprint density at radius 2 is 1.93 bits per heavy atom. The first-order valence-electron chi connectivity index (χ1n) is 8.73. The third-order valence-electron chi connectivity index (χ3n) is 4.24. The van der Waals surface area contributed by atoms with Crippen molar-refractivity contribution >= 4 is 35.2 Å². The van der Waals surface area contributed by atoms with Crippen molar-refractivity contribution in [3.05, 3.63) is 58.6 Å². The molecule has 0 saturated heterocycles. The van der Waals surface area contributed by atoms with Gasteiger partial charge in [-0.1, -0.05) is 41.9 Å². The average Bonchev–Trinajstić information content (AvgIpc) is 3.04. The minimum atomic E-state index is 0.537. The Morgan fingerprint density at radius 3 is 2.63 bits per heavy atom. The van der Waals surface area contributed by atoms with Gasteiger partial charge in [-0.3, -0.25) is 0 Å².